The predicted octanol–water partition coefficient (Wildman–Crippen LogP) is 2.20. The minimum Gasteiger partial charge on any atom is -0.504 e. The minimum atomic E-state index is 0.0514. The molecule has 1 atom stereocenters. The summed E-state index contributed by atoms with van der Waals surface area (Å²) in [6, 6.07) is 5.46. The Balaban J connectivity index is 2.17. The first-order valence-corrected chi connectivity index (χ1v) is 5.35. The molecule has 0 spiro atoms. The molecule has 82 valence electrons. The largest absolute Gasteiger partial charge is 0.504 e. The summed E-state index contributed by atoms with van der Waals surface area (Å²) in [5, 5.41) is 9.63. The highest BCUT2D eigenvalue weighted by Crippen LogP contribution is 2.38. The number of phenols is 1. The second-order valence-electron chi connectivity index (χ2n) is 4.15. The van der Waals surface area contributed by atoms with Crippen LogP contribution in [0, 0.1) is 5.92 Å². The molecular formula is C12H17NO2. The number of rotatable bonds is 3. The second kappa shape index (κ2) is 4.11. The van der Waals surface area contributed by atoms with Gasteiger partial charge in [0, 0.05) is 6.04 Å². The Morgan fingerprint density at radius 1 is 1.47 bits per heavy atom. The monoisotopic (exact) mass is 207 g/mol. The van der Waals surface area contributed by atoms with E-state index in [1.165, 1.54) is 19.3 Å². The topological polar surface area (TPSA) is 55.5 Å². The smallest absolute Gasteiger partial charge is 0.160 e. The van der Waals surface area contributed by atoms with E-state index in [-0.39, 0.29) is 11.8 Å². The molecule has 0 radical (unpaired) electrons. The van der Waals surface area contributed by atoms with Crippen LogP contribution in [0.3, 0.4) is 0 Å². The van der Waals surface area contributed by atoms with Crippen molar-refractivity contribution < 1.29 is 9.84 Å². The predicted molar refractivity (Wildman–Crippen MR) is 58.9 cm³/mol. The standard InChI is InChI=1S/C12H17NO2/c1-15-11-6-5-9(7-10(11)14)12(13)8-3-2-4-8/h5-8,12,14H,2-4,13H2,1H3/t12-/m1/s1. The van der Waals surface area contributed by atoms with E-state index in [1.807, 2.05) is 6.07 Å². The fourth-order valence-electron chi connectivity index (χ4n) is 1.99. The van der Waals surface area contributed by atoms with E-state index < -0.39 is 0 Å². The average molecular weight is 207 g/mol. The van der Waals surface area contributed by atoms with E-state index in [2.05, 4.69) is 0 Å². The molecule has 0 saturated heterocycles. The summed E-state index contributed by atoms with van der Waals surface area (Å²) in [5.74, 6) is 1.25. The first-order valence-electron chi connectivity index (χ1n) is 5.35. The van der Waals surface area contributed by atoms with Crippen molar-refractivity contribution in [2.24, 2.45) is 11.7 Å². The van der Waals surface area contributed by atoms with E-state index in [0.717, 1.165) is 5.56 Å². The van der Waals surface area contributed by atoms with Gasteiger partial charge in [-0.25, -0.2) is 0 Å². The lowest BCUT2D eigenvalue weighted by Gasteiger charge is -2.31. The minimum absolute atomic E-state index is 0.0514. The van der Waals surface area contributed by atoms with Crippen LogP contribution in [0.15, 0.2) is 18.2 Å². The van der Waals surface area contributed by atoms with Gasteiger partial charge >= 0.3 is 0 Å². The lowest BCUT2D eigenvalue weighted by Crippen LogP contribution is -2.26. The van der Waals surface area contributed by atoms with Gasteiger partial charge in [-0.05, 0) is 36.5 Å². The highest BCUT2D eigenvalue weighted by atomic mass is 16.5. The summed E-state index contributed by atoms with van der Waals surface area (Å²) < 4.78 is 4.99. The molecule has 1 aromatic rings. The Hall–Kier alpha value is -1.22. The van der Waals surface area contributed by atoms with Crippen molar-refractivity contribution in [2.45, 2.75) is 25.3 Å². The zero-order chi connectivity index (χ0) is 10.8. The van der Waals surface area contributed by atoms with Crippen LogP contribution in [-0.4, -0.2) is 12.2 Å². The molecule has 1 saturated carbocycles. The number of aromatic hydroxyl groups is 1. The van der Waals surface area contributed by atoms with Gasteiger partial charge in [-0.3, -0.25) is 0 Å². The normalized spacial score (nSPS) is 18.3. The van der Waals surface area contributed by atoms with Crippen LogP contribution in [0.2, 0.25) is 0 Å². The Labute approximate surface area is 89.9 Å². The molecule has 1 aromatic carbocycles. The van der Waals surface area contributed by atoms with Crippen molar-refractivity contribution in [3.8, 4) is 11.5 Å². The van der Waals surface area contributed by atoms with E-state index in [9.17, 15) is 5.11 Å². The number of benzene rings is 1. The highest BCUT2D eigenvalue weighted by molar-refractivity contribution is 5.42. The summed E-state index contributed by atoms with van der Waals surface area (Å²) in [6.45, 7) is 0. The molecule has 1 aliphatic rings. The Kier molecular flexibility index (Phi) is 2.82. The maximum absolute atomic E-state index is 9.63. The van der Waals surface area contributed by atoms with Gasteiger partial charge in [0.25, 0.3) is 0 Å². The van der Waals surface area contributed by atoms with Crippen molar-refractivity contribution in [3.63, 3.8) is 0 Å². The van der Waals surface area contributed by atoms with Crippen LogP contribution in [0.1, 0.15) is 30.9 Å². The summed E-state index contributed by atoms with van der Waals surface area (Å²) >= 11 is 0. The number of hydrogen-bond donors (Lipinski definition) is 2. The summed E-state index contributed by atoms with van der Waals surface area (Å²) in [6.07, 6.45) is 3.68. The molecule has 0 bridgehead atoms. The lowest BCUT2D eigenvalue weighted by atomic mass is 9.77. The number of ether oxygens (including phenoxy) is 1. The van der Waals surface area contributed by atoms with Crippen molar-refractivity contribution in [2.75, 3.05) is 7.11 Å². The van der Waals surface area contributed by atoms with E-state index in [0.29, 0.717) is 11.7 Å². The second-order valence-corrected chi connectivity index (χ2v) is 4.15. The van der Waals surface area contributed by atoms with E-state index in [1.54, 1.807) is 19.2 Å². The number of methoxy groups -OCH3 is 1. The van der Waals surface area contributed by atoms with Gasteiger partial charge in [0.05, 0.1) is 7.11 Å². The van der Waals surface area contributed by atoms with Crippen LogP contribution >= 0.6 is 0 Å². The molecule has 15 heavy (non-hydrogen) atoms. The van der Waals surface area contributed by atoms with Crippen molar-refractivity contribution in [1.82, 2.24) is 0 Å². The van der Waals surface area contributed by atoms with Crippen LogP contribution in [0.4, 0.5) is 0 Å². The molecule has 0 unspecified atom stereocenters. The van der Waals surface area contributed by atoms with Crippen LogP contribution in [0.5, 0.6) is 11.5 Å². The highest BCUT2D eigenvalue weighted by Gasteiger charge is 2.25. The van der Waals surface area contributed by atoms with Gasteiger partial charge in [-0.1, -0.05) is 12.5 Å². The molecule has 3 N–H and O–H groups in total. The quantitative estimate of drug-likeness (QED) is 0.798. The molecule has 1 aliphatic carbocycles. The third kappa shape index (κ3) is 1.92. The third-order valence-corrected chi connectivity index (χ3v) is 3.25. The van der Waals surface area contributed by atoms with Crippen LogP contribution in [-0.2, 0) is 0 Å². The summed E-state index contributed by atoms with van der Waals surface area (Å²) in [4.78, 5) is 0. The molecule has 1 fully saturated rings. The van der Waals surface area contributed by atoms with Gasteiger partial charge in [0.2, 0.25) is 0 Å². The SMILES string of the molecule is COc1ccc([C@H](N)C2CCC2)cc1O. The molecule has 0 heterocycles. The molecule has 3 heteroatoms. The molecule has 3 nitrogen and oxygen atoms in total. The van der Waals surface area contributed by atoms with Crippen molar-refractivity contribution in [3.05, 3.63) is 23.8 Å². The van der Waals surface area contributed by atoms with Crippen molar-refractivity contribution in [1.29, 1.82) is 0 Å². The average Bonchev–Trinajstić information content (AvgIpc) is 2.15. The molecule has 0 aliphatic heterocycles. The van der Waals surface area contributed by atoms with Crippen LogP contribution < -0.4 is 10.5 Å². The summed E-state index contributed by atoms with van der Waals surface area (Å²) in [5.41, 5.74) is 7.11. The molecule has 0 aromatic heterocycles. The fraction of sp³-hybridized carbons (Fsp3) is 0.500. The van der Waals surface area contributed by atoms with Gasteiger partial charge in [0.1, 0.15) is 0 Å². The zero-order valence-corrected chi connectivity index (χ0v) is 8.94. The van der Waals surface area contributed by atoms with Crippen LogP contribution in [0.25, 0.3) is 0 Å². The van der Waals surface area contributed by atoms with E-state index in [4.69, 9.17) is 10.5 Å². The maximum Gasteiger partial charge on any atom is 0.160 e. The maximum atomic E-state index is 9.63. The van der Waals surface area contributed by atoms with Gasteiger partial charge in [-0.15, -0.1) is 0 Å². The molecule has 0 amide bonds. The van der Waals surface area contributed by atoms with Gasteiger partial charge in [0.15, 0.2) is 11.5 Å². The number of hydrogen-bond acceptors (Lipinski definition) is 3. The van der Waals surface area contributed by atoms with Gasteiger partial charge in [-0.2, -0.15) is 0 Å². The van der Waals surface area contributed by atoms with Crippen molar-refractivity contribution >= 4 is 0 Å². The first-order chi connectivity index (χ1) is 7.22. The number of phenolic OH excluding ortho intramolecular Hbond substituents is 1. The Morgan fingerprint density at radius 3 is 2.67 bits per heavy atom. The van der Waals surface area contributed by atoms with Gasteiger partial charge < -0.3 is 15.6 Å². The molecular weight excluding hydrogens is 190 g/mol. The first kappa shape index (κ1) is 10.3. The Bertz CT molecular complexity index is 347. The zero-order valence-electron chi connectivity index (χ0n) is 8.94. The number of nitrogens with two attached hydrogens (primary N) is 1. The summed E-state index contributed by atoms with van der Waals surface area (Å²) in [7, 11) is 1.54. The fourth-order valence-corrected chi connectivity index (χ4v) is 1.99. The Morgan fingerprint density at radius 2 is 2.20 bits per heavy atom. The van der Waals surface area contributed by atoms with E-state index >= 15 is 0 Å². The molecule has 2 rings (SSSR count). The third-order valence-electron chi connectivity index (χ3n) is 3.25. The lowest BCUT2D eigenvalue weighted by molar-refractivity contribution is 0.263.